The van der Waals surface area contributed by atoms with Crippen molar-refractivity contribution in [2.45, 2.75) is 12.8 Å². The van der Waals surface area contributed by atoms with E-state index in [0.717, 1.165) is 0 Å². The van der Waals surface area contributed by atoms with Crippen molar-refractivity contribution < 1.29 is 49.9 Å². The predicted octanol–water partition coefficient (Wildman–Crippen LogP) is 4.21. The summed E-state index contributed by atoms with van der Waals surface area (Å²) in [6.07, 6.45) is 10.3. The molecular formula is C35H26N4O11S2. The Labute approximate surface area is 296 Å². The summed E-state index contributed by atoms with van der Waals surface area (Å²) >= 11 is 0. The minimum absolute atomic E-state index is 0.0991. The molecule has 17 heteroatoms. The van der Waals surface area contributed by atoms with Crippen LogP contribution in [0.3, 0.4) is 0 Å². The Hall–Kier alpha value is -6.01. The van der Waals surface area contributed by atoms with Gasteiger partial charge in [-0.3, -0.25) is 28.3 Å². The smallest absolute Gasteiger partial charge is 0.308 e. The summed E-state index contributed by atoms with van der Waals surface area (Å²) in [6, 6.07) is 10.8. The average molecular weight is 743 g/mol. The minimum Gasteiger partial charge on any atom is -0.308 e. The Kier molecular flexibility index (Phi) is 9.61. The minimum atomic E-state index is -4.43. The van der Waals surface area contributed by atoms with Crippen molar-refractivity contribution in [2.24, 2.45) is 21.8 Å². The molecule has 0 spiro atoms. The highest BCUT2D eigenvalue weighted by Crippen LogP contribution is 2.32. The topological polar surface area (TPSA) is 243 Å². The highest BCUT2D eigenvalue weighted by Gasteiger charge is 2.30. The van der Waals surface area contributed by atoms with Gasteiger partial charge in [0.05, 0.1) is 9.81 Å². The summed E-state index contributed by atoms with van der Waals surface area (Å²) < 4.78 is 64.2. The number of anilines is 2. The first kappa shape index (κ1) is 35.8. The second-order valence-corrected chi connectivity index (χ2v) is 14.7. The van der Waals surface area contributed by atoms with Crippen LogP contribution in [0.4, 0.5) is 16.2 Å². The van der Waals surface area contributed by atoms with Crippen molar-refractivity contribution >= 4 is 72.4 Å². The molecule has 0 saturated carbocycles. The van der Waals surface area contributed by atoms with Crippen molar-refractivity contribution in [1.29, 1.82) is 0 Å². The molecule has 2 aromatic rings. The number of urea groups is 1. The zero-order valence-corrected chi connectivity index (χ0v) is 28.2. The maximum Gasteiger partial charge on any atom is 0.323 e. The van der Waals surface area contributed by atoms with Gasteiger partial charge in [-0.1, -0.05) is 24.3 Å². The number of carbonyl (C=O) groups excluding carboxylic acids is 5. The molecule has 2 aromatic carbocycles. The summed E-state index contributed by atoms with van der Waals surface area (Å²) in [5.74, 6) is -3.54. The quantitative estimate of drug-likeness (QED) is 0.306. The van der Waals surface area contributed by atoms with E-state index in [9.17, 15) is 49.9 Å². The Morgan fingerprint density at radius 2 is 0.962 bits per heavy atom. The summed E-state index contributed by atoms with van der Waals surface area (Å²) in [5, 5.41) is 5.19. The van der Waals surface area contributed by atoms with Crippen LogP contribution in [0.15, 0.2) is 128 Å². The first-order chi connectivity index (χ1) is 24.5. The number of nitrogens with one attached hydrogen (secondary N) is 2. The molecule has 0 bridgehead atoms. The highest BCUT2D eigenvalue weighted by atomic mass is 32.2. The Bertz CT molecular complexity index is 2260. The number of fused-ring (bicyclic) bond motifs is 2. The predicted molar refractivity (Wildman–Crippen MR) is 189 cm³/mol. The van der Waals surface area contributed by atoms with Crippen molar-refractivity contribution in [2.75, 3.05) is 10.6 Å². The van der Waals surface area contributed by atoms with Crippen molar-refractivity contribution in [3.63, 3.8) is 0 Å². The van der Waals surface area contributed by atoms with E-state index in [0.29, 0.717) is 22.5 Å². The lowest BCUT2D eigenvalue weighted by Gasteiger charge is -2.22. The highest BCUT2D eigenvalue weighted by molar-refractivity contribution is 7.90. The Balaban J connectivity index is 1.04. The number of benzene rings is 2. The molecule has 0 saturated heterocycles. The molecule has 0 aliphatic heterocycles. The molecule has 2 unspecified atom stereocenters. The number of hydrogen-bond donors (Lipinski definition) is 4. The maximum atomic E-state index is 12.8. The number of hydrogen-bond acceptors (Lipinski definition) is 9. The molecule has 52 heavy (non-hydrogen) atoms. The van der Waals surface area contributed by atoms with Gasteiger partial charge < -0.3 is 10.6 Å². The lowest BCUT2D eigenvalue weighted by molar-refractivity contribution is -0.114. The summed E-state index contributed by atoms with van der Waals surface area (Å²) in [7, 11) is -8.86. The van der Waals surface area contributed by atoms with E-state index in [4.69, 9.17) is 0 Å². The number of rotatable bonds is 6. The molecule has 4 aliphatic rings. The maximum absolute atomic E-state index is 12.8. The number of aliphatic imine (C=N–C) groups is 2. The van der Waals surface area contributed by atoms with Gasteiger partial charge in [-0.15, -0.1) is 0 Å². The van der Waals surface area contributed by atoms with Crippen LogP contribution in [0, 0.1) is 11.8 Å². The molecule has 0 heterocycles. The fourth-order valence-electron chi connectivity index (χ4n) is 5.62. The van der Waals surface area contributed by atoms with Crippen LogP contribution in [-0.4, -0.2) is 66.8 Å². The van der Waals surface area contributed by atoms with E-state index in [2.05, 4.69) is 20.6 Å². The van der Waals surface area contributed by atoms with Crippen molar-refractivity contribution in [1.82, 2.24) is 0 Å². The van der Waals surface area contributed by atoms with E-state index in [1.54, 1.807) is 0 Å². The first-order valence-corrected chi connectivity index (χ1v) is 18.2. The fraction of sp³-hybridized carbons (Fsp3) is 0.114. The molecule has 0 fully saturated rings. The molecular weight excluding hydrogens is 717 g/mol. The zero-order valence-electron chi connectivity index (χ0n) is 26.6. The van der Waals surface area contributed by atoms with E-state index >= 15 is 0 Å². The van der Waals surface area contributed by atoms with Gasteiger partial charge in [-0.05, 0) is 84.0 Å². The number of ketones is 2. The van der Waals surface area contributed by atoms with Gasteiger partial charge in [0.25, 0.3) is 32.1 Å². The molecule has 0 aromatic heterocycles. The normalized spacial score (nSPS) is 21.3. The molecule has 264 valence electrons. The zero-order chi connectivity index (χ0) is 37.4. The van der Waals surface area contributed by atoms with E-state index in [1.807, 2.05) is 0 Å². The second kappa shape index (κ2) is 14.0. The molecule has 4 amide bonds. The third kappa shape index (κ3) is 8.13. The Morgan fingerprint density at radius 3 is 1.31 bits per heavy atom. The Morgan fingerprint density at radius 1 is 0.596 bits per heavy atom. The van der Waals surface area contributed by atoms with E-state index < -0.39 is 61.5 Å². The fourth-order valence-corrected chi connectivity index (χ4v) is 6.77. The monoisotopic (exact) mass is 742 g/mol. The van der Waals surface area contributed by atoms with Crippen LogP contribution >= 0.6 is 0 Å². The molecule has 6 rings (SSSR count). The van der Waals surface area contributed by atoms with Gasteiger partial charge in [0.2, 0.25) is 0 Å². The molecule has 4 N–H and O–H groups in total. The summed E-state index contributed by atoms with van der Waals surface area (Å²) in [6.45, 7) is 0. The van der Waals surface area contributed by atoms with Crippen LogP contribution < -0.4 is 10.6 Å². The van der Waals surface area contributed by atoms with Crippen LogP contribution in [0.2, 0.25) is 0 Å². The average Bonchev–Trinajstić information content (AvgIpc) is 3.08. The van der Waals surface area contributed by atoms with Crippen molar-refractivity contribution in [3.05, 3.63) is 129 Å². The number of carbonyl (C=O) groups is 5. The number of amides is 4. The number of allylic oxidation sites excluding steroid dienone is 10. The van der Waals surface area contributed by atoms with E-state index in [1.165, 1.54) is 97.1 Å². The summed E-state index contributed by atoms with van der Waals surface area (Å²) in [4.78, 5) is 70.6. The molecule has 4 aliphatic carbocycles. The largest absolute Gasteiger partial charge is 0.323 e. The first-order valence-electron chi connectivity index (χ1n) is 15.3. The van der Waals surface area contributed by atoms with E-state index in [-0.39, 0.29) is 45.2 Å². The molecule has 0 radical (unpaired) electrons. The van der Waals surface area contributed by atoms with Crippen LogP contribution in [-0.2, 0) is 29.8 Å². The van der Waals surface area contributed by atoms with Gasteiger partial charge in [-0.2, -0.15) is 16.8 Å². The van der Waals surface area contributed by atoms with Crippen molar-refractivity contribution in [3.8, 4) is 0 Å². The van der Waals surface area contributed by atoms with Gasteiger partial charge in [-0.25, -0.2) is 14.8 Å². The van der Waals surface area contributed by atoms with Crippen LogP contribution in [0.5, 0.6) is 0 Å². The third-order valence-corrected chi connectivity index (χ3v) is 10.0. The van der Waals surface area contributed by atoms with Crippen LogP contribution in [0.25, 0.3) is 0 Å². The second-order valence-electron chi connectivity index (χ2n) is 11.8. The molecule has 15 nitrogen and oxygen atoms in total. The third-order valence-electron chi connectivity index (χ3n) is 8.28. The number of Topliss-reactive ketones (excluding diaryl/α,β-unsaturated/α-hetero) is 2. The standard InChI is InChI=1S/C35H26N4O11S2/c40-31-17-23-13-27(51(45,46)47)11-5-21(23)15-29(31)38-33(42)19-1-7-25(8-2-19)36-35(44)37-26-9-3-20(4-10-26)34(43)39-30-16-22-6-12-28(52(48,49)50)14-24(22)18-32(30)41/h1-16,23-24H,17-18H2,(H2,36,37,44)(H,45,46,47)(H,48,49,50). The summed E-state index contributed by atoms with van der Waals surface area (Å²) in [5.41, 5.74) is 1.83. The van der Waals surface area contributed by atoms with Gasteiger partial charge in [0, 0.05) is 47.2 Å². The van der Waals surface area contributed by atoms with Crippen LogP contribution in [0.1, 0.15) is 33.6 Å². The molecule has 2 atom stereocenters. The van der Waals surface area contributed by atoms with Gasteiger partial charge >= 0.3 is 6.03 Å². The SMILES string of the molecule is O=C(Nc1ccc(C(=O)N=C2C=C3C=CC(S(=O)(=O)O)=CC3CC2=O)cc1)Nc1ccc(C(=O)N=C2C=C3C=CC(S(=O)(=O)O)=CC3CC2=O)cc1. The lowest BCUT2D eigenvalue weighted by Crippen LogP contribution is -2.25. The lowest BCUT2D eigenvalue weighted by atomic mass is 9.83. The van der Waals surface area contributed by atoms with Gasteiger partial charge in [0.15, 0.2) is 11.6 Å². The van der Waals surface area contributed by atoms with Gasteiger partial charge in [0.1, 0.15) is 11.4 Å². The number of nitrogens with zero attached hydrogens (tertiary/aromatic N) is 2.